The Hall–Kier alpha value is -3.41. The second kappa shape index (κ2) is 11.3. The molecule has 1 aliphatic carbocycles. The second-order valence-electron chi connectivity index (χ2n) is 9.65. The topological polar surface area (TPSA) is 111 Å². The quantitative estimate of drug-likeness (QED) is 0.444. The summed E-state index contributed by atoms with van der Waals surface area (Å²) < 4.78 is 41.2. The summed E-state index contributed by atoms with van der Waals surface area (Å²) in [6, 6.07) is 6.10. The molecule has 2 aliphatic rings. The van der Waals surface area contributed by atoms with Crippen LogP contribution < -0.4 is 21.3 Å². The SMILES string of the molecule is CC(C)NC(=O)[C@H]1CCC[C@H]1Nc1nc(Nc2ccc(C(=O)N3CCNCC3)cc2)ncc1C(F)(F)F. The summed E-state index contributed by atoms with van der Waals surface area (Å²) in [6.07, 6.45) is -2.06. The molecule has 9 nitrogen and oxygen atoms in total. The summed E-state index contributed by atoms with van der Waals surface area (Å²) in [4.78, 5) is 35.0. The zero-order valence-electron chi connectivity index (χ0n) is 20.9. The van der Waals surface area contributed by atoms with Gasteiger partial charge in [-0.1, -0.05) is 6.42 Å². The second-order valence-corrected chi connectivity index (χ2v) is 9.65. The van der Waals surface area contributed by atoms with E-state index in [-0.39, 0.29) is 29.6 Å². The van der Waals surface area contributed by atoms with E-state index in [0.29, 0.717) is 37.2 Å². The molecule has 2 fully saturated rings. The third kappa shape index (κ3) is 6.68. The van der Waals surface area contributed by atoms with Crippen LogP contribution in [0.3, 0.4) is 0 Å². The summed E-state index contributed by atoms with van der Waals surface area (Å²) in [5.41, 5.74) is 0.0534. The first-order chi connectivity index (χ1) is 17.6. The van der Waals surface area contributed by atoms with Crippen molar-refractivity contribution in [2.24, 2.45) is 5.92 Å². The van der Waals surface area contributed by atoms with E-state index in [1.165, 1.54) is 0 Å². The average molecular weight is 520 g/mol. The van der Waals surface area contributed by atoms with E-state index < -0.39 is 23.7 Å². The van der Waals surface area contributed by atoms with Crippen molar-refractivity contribution < 1.29 is 22.8 Å². The molecule has 37 heavy (non-hydrogen) atoms. The Kier molecular flexibility index (Phi) is 8.16. The average Bonchev–Trinajstić information content (AvgIpc) is 3.32. The largest absolute Gasteiger partial charge is 0.421 e. The lowest BCUT2D eigenvalue weighted by atomic mass is 10.0. The number of rotatable bonds is 7. The molecule has 2 aromatic rings. The number of halogens is 3. The Morgan fingerprint density at radius 3 is 2.46 bits per heavy atom. The highest BCUT2D eigenvalue weighted by molar-refractivity contribution is 5.94. The van der Waals surface area contributed by atoms with Crippen LogP contribution in [-0.4, -0.2) is 64.9 Å². The molecular formula is C25H32F3N7O2. The molecule has 4 N–H and O–H groups in total. The van der Waals surface area contributed by atoms with Gasteiger partial charge in [0.25, 0.3) is 5.91 Å². The molecular weight excluding hydrogens is 487 g/mol. The van der Waals surface area contributed by atoms with Gasteiger partial charge in [0.2, 0.25) is 11.9 Å². The summed E-state index contributed by atoms with van der Waals surface area (Å²) in [5.74, 6) is -1.10. The molecule has 1 saturated heterocycles. The lowest BCUT2D eigenvalue weighted by molar-refractivity contribution is -0.137. The van der Waals surface area contributed by atoms with E-state index >= 15 is 0 Å². The van der Waals surface area contributed by atoms with Crippen molar-refractivity contribution in [1.82, 2.24) is 25.5 Å². The minimum Gasteiger partial charge on any atom is -0.366 e. The maximum Gasteiger partial charge on any atom is 0.421 e. The van der Waals surface area contributed by atoms with Crippen molar-refractivity contribution in [1.29, 1.82) is 0 Å². The summed E-state index contributed by atoms with van der Waals surface area (Å²) >= 11 is 0. The lowest BCUT2D eigenvalue weighted by Crippen LogP contribution is -2.46. The third-order valence-corrected chi connectivity index (χ3v) is 6.49. The number of aromatic nitrogens is 2. The molecule has 2 amide bonds. The number of amides is 2. The molecule has 4 rings (SSSR count). The maximum atomic E-state index is 13.7. The van der Waals surface area contributed by atoms with Crippen LogP contribution in [0.15, 0.2) is 30.5 Å². The number of benzene rings is 1. The van der Waals surface area contributed by atoms with Gasteiger partial charge >= 0.3 is 6.18 Å². The van der Waals surface area contributed by atoms with E-state index in [1.807, 2.05) is 13.8 Å². The number of hydrogen-bond acceptors (Lipinski definition) is 7. The van der Waals surface area contributed by atoms with Crippen molar-refractivity contribution in [3.63, 3.8) is 0 Å². The molecule has 2 heterocycles. The Morgan fingerprint density at radius 2 is 1.81 bits per heavy atom. The van der Waals surface area contributed by atoms with Gasteiger partial charge in [0.15, 0.2) is 0 Å². The molecule has 0 radical (unpaired) electrons. The first kappa shape index (κ1) is 26.6. The molecule has 200 valence electrons. The first-order valence-corrected chi connectivity index (χ1v) is 12.5. The van der Waals surface area contributed by atoms with Crippen molar-refractivity contribution in [3.8, 4) is 0 Å². The van der Waals surface area contributed by atoms with Crippen LogP contribution in [0.2, 0.25) is 0 Å². The van der Waals surface area contributed by atoms with Crippen molar-refractivity contribution in [2.45, 2.75) is 51.4 Å². The predicted octanol–water partition coefficient (Wildman–Crippen LogP) is 3.39. The van der Waals surface area contributed by atoms with Crippen LogP contribution in [-0.2, 0) is 11.0 Å². The van der Waals surface area contributed by atoms with E-state index in [1.54, 1.807) is 29.2 Å². The van der Waals surface area contributed by atoms with Gasteiger partial charge in [-0.15, -0.1) is 0 Å². The summed E-state index contributed by atoms with van der Waals surface area (Å²) in [6.45, 7) is 6.44. The molecule has 1 saturated carbocycles. The van der Waals surface area contributed by atoms with Crippen LogP contribution in [0.25, 0.3) is 0 Å². The predicted molar refractivity (Wildman–Crippen MR) is 134 cm³/mol. The van der Waals surface area contributed by atoms with Crippen molar-refractivity contribution in [2.75, 3.05) is 36.8 Å². The van der Waals surface area contributed by atoms with E-state index in [4.69, 9.17) is 0 Å². The van der Waals surface area contributed by atoms with Gasteiger partial charge in [0.1, 0.15) is 11.4 Å². The van der Waals surface area contributed by atoms with Gasteiger partial charge in [0, 0.05) is 55.7 Å². The van der Waals surface area contributed by atoms with Gasteiger partial charge in [-0.3, -0.25) is 9.59 Å². The van der Waals surface area contributed by atoms with Gasteiger partial charge in [-0.25, -0.2) is 4.98 Å². The monoisotopic (exact) mass is 519 g/mol. The standard InChI is InChI=1S/C25H32F3N7O2/c1-15(2)31-22(36)18-4-3-5-20(18)33-21-19(25(26,27)28)14-30-24(34-21)32-17-8-6-16(7-9-17)23(37)35-12-10-29-11-13-35/h6-9,14-15,18,20,29H,3-5,10-13H2,1-2H3,(H,31,36)(H2,30,32,33,34)/t18-,20+/m0/s1. The molecule has 1 aromatic carbocycles. The number of anilines is 3. The number of alkyl halides is 3. The van der Waals surface area contributed by atoms with Crippen LogP contribution in [0, 0.1) is 5.92 Å². The molecule has 12 heteroatoms. The third-order valence-electron chi connectivity index (χ3n) is 6.49. The van der Waals surface area contributed by atoms with Crippen molar-refractivity contribution in [3.05, 3.63) is 41.6 Å². The highest BCUT2D eigenvalue weighted by atomic mass is 19.4. The summed E-state index contributed by atoms with van der Waals surface area (Å²) in [7, 11) is 0. The minimum atomic E-state index is -4.67. The number of nitrogens with one attached hydrogen (secondary N) is 4. The van der Waals surface area contributed by atoms with Crippen molar-refractivity contribution >= 4 is 29.3 Å². The molecule has 2 atom stereocenters. The van der Waals surface area contributed by atoms with Gasteiger partial charge in [0.05, 0.1) is 5.92 Å². The van der Waals surface area contributed by atoms with Crippen LogP contribution in [0.5, 0.6) is 0 Å². The number of hydrogen-bond donors (Lipinski definition) is 4. The van der Waals surface area contributed by atoms with Gasteiger partial charge in [-0.05, 0) is 51.0 Å². The van der Waals surface area contributed by atoms with Crippen LogP contribution in [0.4, 0.5) is 30.6 Å². The number of nitrogens with zero attached hydrogens (tertiary/aromatic N) is 3. The molecule has 1 aromatic heterocycles. The zero-order valence-corrected chi connectivity index (χ0v) is 20.9. The van der Waals surface area contributed by atoms with Crippen LogP contribution >= 0.6 is 0 Å². The van der Waals surface area contributed by atoms with E-state index in [9.17, 15) is 22.8 Å². The molecule has 0 bridgehead atoms. The number of piperazine rings is 1. The molecule has 1 aliphatic heterocycles. The highest BCUT2D eigenvalue weighted by Gasteiger charge is 2.39. The smallest absolute Gasteiger partial charge is 0.366 e. The minimum absolute atomic E-state index is 0.0298. The Balaban J connectivity index is 1.50. The maximum absolute atomic E-state index is 13.7. The molecule has 0 unspecified atom stereocenters. The number of carbonyl (C=O) groups excluding carboxylic acids is 2. The fraction of sp³-hybridized carbons (Fsp3) is 0.520. The zero-order chi connectivity index (χ0) is 26.6. The Labute approximate surface area is 213 Å². The molecule has 0 spiro atoms. The number of carbonyl (C=O) groups is 2. The van der Waals surface area contributed by atoms with E-state index in [0.717, 1.165) is 25.7 Å². The highest BCUT2D eigenvalue weighted by Crippen LogP contribution is 2.36. The Morgan fingerprint density at radius 1 is 1.11 bits per heavy atom. The van der Waals surface area contributed by atoms with E-state index in [2.05, 4.69) is 31.2 Å². The Bertz CT molecular complexity index is 1100. The lowest BCUT2D eigenvalue weighted by Gasteiger charge is -2.27. The van der Waals surface area contributed by atoms with Gasteiger partial charge in [-0.2, -0.15) is 18.2 Å². The fourth-order valence-electron chi connectivity index (χ4n) is 4.65. The van der Waals surface area contributed by atoms with Gasteiger partial charge < -0.3 is 26.2 Å². The first-order valence-electron chi connectivity index (χ1n) is 12.5. The summed E-state index contributed by atoms with van der Waals surface area (Å²) in [5, 5.41) is 11.8. The van der Waals surface area contributed by atoms with Crippen LogP contribution in [0.1, 0.15) is 49.0 Å². The normalized spacial score (nSPS) is 20.1. The fourth-order valence-corrected chi connectivity index (χ4v) is 4.65.